The summed E-state index contributed by atoms with van der Waals surface area (Å²) in [4.78, 5) is 15.8. The first kappa shape index (κ1) is 12.5. The molecule has 0 spiro atoms. The molecule has 6 nitrogen and oxygen atoms in total. The first-order valence-corrected chi connectivity index (χ1v) is 4.99. The molecule has 0 unspecified atom stereocenters. The van der Waals surface area contributed by atoms with Crippen LogP contribution >= 0.6 is 0 Å². The molecule has 88 valence electrons. The SMILES string of the molecule is CC(C)(N)C(C)(C)C(=O)Nc1nccnn1. The van der Waals surface area contributed by atoms with E-state index in [0.29, 0.717) is 0 Å². The molecule has 1 heterocycles. The Balaban J connectivity index is 2.81. The molecule has 3 N–H and O–H groups in total. The zero-order chi connectivity index (χ0) is 12.4. The Morgan fingerprint density at radius 1 is 1.31 bits per heavy atom. The monoisotopic (exact) mass is 223 g/mol. The first-order valence-electron chi connectivity index (χ1n) is 4.99. The standard InChI is InChI=1S/C10H17N5O/c1-9(2,10(3,4)11)7(16)14-8-12-5-6-13-15-8/h5-6H,11H2,1-4H3,(H,12,14,15,16). The average Bonchev–Trinajstić information content (AvgIpc) is 2.17. The Labute approximate surface area is 94.7 Å². The van der Waals surface area contributed by atoms with Crippen LogP contribution in [-0.4, -0.2) is 26.6 Å². The topological polar surface area (TPSA) is 93.8 Å². The van der Waals surface area contributed by atoms with Crippen LogP contribution in [0.4, 0.5) is 5.95 Å². The molecule has 1 aromatic heterocycles. The van der Waals surface area contributed by atoms with Crippen LogP contribution in [0.2, 0.25) is 0 Å². The maximum absolute atomic E-state index is 12.0. The second kappa shape index (κ2) is 4.13. The van der Waals surface area contributed by atoms with Gasteiger partial charge in [0.1, 0.15) is 0 Å². The van der Waals surface area contributed by atoms with Gasteiger partial charge in [-0.3, -0.25) is 10.1 Å². The second-order valence-electron chi connectivity index (χ2n) is 4.77. The molecule has 0 saturated heterocycles. The number of nitrogens with two attached hydrogens (primary N) is 1. The van der Waals surface area contributed by atoms with Crippen LogP contribution in [0.5, 0.6) is 0 Å². The summed E-state index contributed by atoms with van der Waals surface area (Å²) in [6.45, 7) is 7.16. The summed E-state index contributed by atoms with van der Waals surface area (Å²) in [6, 6.07) is 0. The van der Waals surface area contributed by atoms with Crippen LogP contribution in [0.1, 0.15) is 27.7 Å². The highest BCUT2D eigenvalue weighted by atomic mass is 16.2. The molecular weight excluding hydrogens is 206 g/mol. The fraction of sp³-hybridized carbons (Fsp3) is 0.600. The summed E-state index contributed by atoms with van der Waals surface area (Å²) in [5.74, 6) is -0.0437. The lowest BCUT2D eigenvalue weighted by molar-refractivity contribution is -0.126. The van der Waals surface area contributed by atoms with E-state index in [4.69, 9.17) is 5.73 Å². The Bertz CT molecular complexity index is 369. The number of carbonyl (C=O) groups is 1. The van der Waals surface area contributed by atoms with Crippen LogP contribution in [0.15, 0.2) is 12.4 Å². The Morgan fingerprint density at radius 3 is 2.38 bits per heavy atom. The van der Waals surface area contributed by atoms with Gasteiger partial charge in [0.25, 0.3) is 0 Å². The molecule has 1 amide bonds. The summed E-state index contributed by atoms with van der Waals surface area (Å²) in [6.07, 6.45) is 2.90. The van der Waals surface area contributed by atoms with Gasteiger partial charge in [0.2, 0.25) is 11.9 Å². The van der Waals surface area contributed by atoms with E-state index >= 15 is 0 Å². The van der Waals surface area contributed by atoms with Gasteiger partial charge < -0.3 is 5.73 Å². The third-order valence-electron chi connectivity index (χ3n) is 2.89. The highest BCUT2D eigenvalue weighted by molar-refractivity contribution is 5.94. The molecule has 0 aliphatic heterocycles. The second-order valence-corrected chi connectivity index (χ2v) is 4.77. The predicted molar refractivity (Wildman–Crippen MR) is 60.5 cm³/mol. The fourth-order valence-corrected chi connectivity index (χ4v) is 0.855. The summed E-state index contributed by atoms with van der Waals surface area (Å²) in [5, 5.41) is 9.89. The molecule has 0 atom stereocenters. The van der Waals surface area contributed by atoms with E-state index in [1.807, 2.05) is 0 Å². The molecule has 0 aliphatic rings. The quantitative estimate of drug-likeness (QED) is 0.781. The first-order chi connectivity index (χ1) is 7.25. The number of carbonyl (C=O) groups excluding carboxylic acids is 1. The molecule has 0 radical (unpaired) electrons. The van der Waals surface area contributed by atoms with Crippen LogP contribution in [0.25, 0.3) is 0 Å². The third-order valence-corrected chi connectivity index (χ3v) is 2.89. The van der Waals surface area contributed by atoms with E-state index < -0.39 is 11.0 Å². The molecule has 0 bridgehead atoms. The van der Waals surface area contributed by atoms with Crippen LogP contribution in [-0.2, 0) is 4.79 Å². The van der Waals surface area contributed by atoms with E-state index in [9.17, 15) is 4.79 Å². The van der Waals surface area contributed by atoms with Crippen molar-refractivity contribution in [1.29, 1.82) is 0 Å². The highest BCUT2D eigenvalue weighted by Gasteiger charge is 2.40. The van der Waals surface area contributed by atoms with Crippen molar-refractivity contribution in [3.63, 3.8) is 0 Å². The van der Waals surface area contributed by atoms with Gasteiger partial charge in [-0.1, -0.05) is 0 Å². The summed E-state index contributed by atoms with van der Waals surface area (Å²) in [5.41, 5.74) is 4.58. The molecule has 1 aromatic rings. The van der Waals surface area contributed by atoms with E-state index in [1.54, 1.807) is 27.7 Å². The molecule has 0 aliphatic carbocycles. The summed E-state index contributed by atoms with van der Waals surface area (Å²) < 4.78 is 0. The smallest absolute Gasteiger partial charge is 0.249 e. The van der Waals surface area contributed by atoms with Crippen molar-refractivity contribution < 1.29 is 4.79 Å². The van der Waals surface area contributed by atoms with Gasteiger partial charge in [0.05, 0.1) is 17.8 Å². The van der Waals surface area contributed by atoms with Crippen LogP contribution in [0, 0.1) is 5.41 Å². The zero-order valence-corrected chi connectivity index (χ0v) is 9.98. The number of amides is 1. The van der Waals surface area contributed by atoms with Crippen molar-refractivity contribution in [2.75, 3.05) is 5.32 Å². The molecule has 0 saturated carbocycles. The largest absolute Gasteiger partial charge is 0.325 e. The van der Waals surface area contributed by atoms with Crippen molar-refractivity contribution in [1.82, 2.24) is 15.2 Å². The van der Waals surface area contributed by atoms with E-state index in [0.717, 1.165) is 0 Å². The maximum Gasteiger partial charge on any atom is 0.249 e. The van der Waals surface area contributed by atoms with Crippen molar-refractivity contribution in [2.45, 2.75) is 33.2 Å². The number of rotatable bonds is 3. The molecule has 6 heteroatoms. The van der Waals surface area contributed by atoms with E-state index in [-0.39, 0.29) is 11.9 Å². The van der Waals surface area contributed by atoms with Gasteiger partial charge in [-0.15, -0.1) is 5.10 Å². The van der Waals surface area contributed by atoms with Gasteiger partial charge in [-0.2, -0.15) is 5.10 Å². The minimum Gasteiger partial charge on any atom is -0.325 e. The zero-order valence-electron chi connectivity index (χ0n) is 9.98. The normalized spacial score (nSPS) is 12.3. The number of hydrogen-bond acceptors (Lipinski definition) is 5. The summed E-state index contributed by atoms with van der Waals surface area (Å²) in [7, 11) is 0. The van der Waals surface area contributed by atoms with Crippen molar-refractivity contribution in [3.8, 4) is 0 Å². The highest BCUT2D eigenvalue weighted by Crippen LogP contribution is 2.29. The molecule has 1 rings (SSSR count). The average molecular weight is 223 g/mol. The molecule has 0 fully saturated rings. The van der Waals surface area contributed by atoms with Gasteiger partial charge in [-0.05, 0) is 27.7 Å². The van der Waals surface area contributed by atoms with E-state index in [1.165, 1.54) is 12.4 Å². The fourth-order valence-electron chi connectivity index (χ4n) is 0.855. The number of aromatic nitrogens is 3. The minimum absolute atomic E-state index is 0.185. The Kier molecular flexibility index (Phi) is 3.23. The number of nitrogens with one attached hydrogen (secondary N) is 1. The van der Waals surface area contributed by atoms with Crippen LogP contribution in [0.3, 0.4) is 0 Å². The van der Waals surface area contributed by atoms with E-state index in [2.05, 4.69) is 20.5 Å². The number of nitrogens with zero attached hydrogens (tertiary/aromatic N) is 3. The molecular formula is C10H17N5O. The van der Waals surface area contributed by atoms with Crippen molar-refractivity contribution in [2.24, 2.45) is 11.1 Å². The summed E-state index contributed by atoms with van der Waals surface area (Å²) >= 11 is 0. The Hall–Kier alpha value is -1.56. The van der Waals surface area contributed by atoms with Gasteiger partial charge in [0, 0.05) is 5.54 Å². The molecule has 16 heavy (non-hydrogen) atoms. The van der Waals surface area contributed by atoms with Gasteiger partial charge in [0.15, 0.2) is 0 Å². The maximum atomic E-state index is 12.0. The predicted octanol–water partition coefficient (Wildman–Crippen LogP) is 0.574. The van der Waals surface area contributed by atoms with Crippen molar-refractivity contribution in [3.05, 3.63) is 12.4 Å². The van der Waals surface area contributed by atoms with Crippen molar-refractivity contribution >= 4 is 11.9 Å². The van der Waals surface area contributed by atoms with Crippen LogP contribution < -0.4 is 11.1 Å². The van der Waals surface area contributed by atoms with Gasteiger partial charge in [-0.25, -0.2) is 4.98 Å². The number of hydrogen-bond donors (Lipinski definition) is 2. The molecule has 0 aromatic carbocycles. The minimum atomic E-state index is -0.730. The lowest BCUT2D eigenvalue weighted by Crippen LogP contribution is -2.53. The lowest BCUT2D eigenvalue weighted by Gasteiger charge is -2.36. The van der Waals surface area contributed by atoms with Gasteiger partial charge >= 0.3 is 0 Å². The Morgan fingerprint density at radius 2 is 1.94 bits per heavy atom. The third kappa shape index (κ3) is 2.52. The number of anilines is 1. The lowest BCUT2D eigenvalue weighted by atomic mass is 9.74.